The van der Waals surface area contributed by atoms with Crippen molar-refractivity contribution in [3.05, 3.63) is 33.9 Å². The van der Waals surface area contributed by atoms with Crippen LogP contribution in [0.15, 0.2) is 18.2 Å². The zero-order chi connectivity index (χ0) is 13.4. The minimum Gasteiger partial charge on any atom is -0.487 e. The highest BCUT2D eigenvalue weighted by Gasteiger charge is 2.15. The lowest BCUT2D eigenvalue weighted by molar-refractivity contribution is -0.385. The first kappa shape index (κ1) is 14.4. The number of rotatable bonds is 8. The van der Waals surface area contributed by atoms with Gasteiger partial charge < -0.3 is 15.2 Å². The molecule has 0 radical (unpaired) electrons. The van der Waals surface area contributed by atoms with E-state index in [4.69, 9.17) is 15.2 Å². The van der Waals surface area contributed by atoms with Gasteiger partial charge in [0.2, 0.25) is 0 Å². The second kappa shape index (κ2) is 7.62. The van der Waals surface area contributed by atoms with E-state index in [0.717, 1.165) is 18.4 Å². The highest BCUT2D eigenvalue weighted by atomic mass is 16.6. The molecule has 0 saturated carbocycles. The molecule has 1 aromatic rings. The average molecular weight is 254 g/mol. The molecule has 0 aliphatic heterocycles. The molecule has 100 valence electrons. The van der Waals surface area contributed by atoms with Crippen LogP contribution in [0.1, 0.15) is 18.4 Å². The summed E-state index contributed by atoms with van der Waals surface area (Å²) in [6.07, 6.45) is 1.65. The van der Waals surface area contributed by atoms with Crippen molar-refractivity contribution in [2.45, 2.75) is 19.4 Å². The number of nitro groups is 1. The molecule has 0 saturated heterocycles. The largest absolute Gasteiger partial charge is 0.487 e. The number of nitrogens with zero attached hydrogens (tertiary/aromatic N) is 1. The summed E-state index contributed by atoms with van der Waals surface area (Å²) in [6.45, 7) is 1.42. The van der Waals surface area contributed by atoms with Crippen LogP contribution in [0.3, 0.4) is 0 Å². The summed E-state index contributed by atoms with van der Waals surface area (Å²) in [5, 5.41) is 10.8. The molecule has 0 spiro atoms. The SMILES string of the molecule is COCCCCOc1cc(CN)ccc1[N+](=O)[O-]. The summed E-state index contributed by atoms with van der Waals surface area (Å²) in [5.74, 6) is 0.278. The molecule has 2 N–H and O–H groups in total. The molecule has 0 aliphatic rings. The molecular formula is C12H18N2O4. The topological polar surface area (TPSA) is 87.6 Å². The van der Waals surface area contributed by atoms with E-state index < -0.39 is 4.92 Å². The van der Waals surface area contributed by atoms with Crippen LogP contribution >= 0.6 is 0 Å². The zero-order valence-corrected chi connectivity index (χ0v) is 10.4. The van der Waals surface area contributed by atoms with E-state index >= 15 is 0 Å². The summed E-state index contributed by atoms with van der Waals surface area (Å²) in [6, 6.07) is 4.68. The molecule has 1 aromatic carbocycles. The Balaban J connectivity index is 2.63. The second-order valence-electron chi connectivity index (χ2n) is 3.81. The molecule has 6 nitrogen and oxygen atoms in total. The summed E-state index contributed by atoms with van der Waals surface area (Å²) in [4.78, 5) is 10.4. The molecule has 1 rings (SSSR count). The fraction of sp³-hybridized carbons (Fsp3) is 0.500. The van der Waals surface area contributed by atoms with E-state index in [2.05, 4.69) is 0 Å². The highest BCUT2D eigenvalue weighted by Crippen LogP contribution is 2.28. The number of hydrogen-bond donors (Lipinski definition) is 1. The third-order valence-corrected chi connectivity index (χ3v) is 2.46. The summed E-state index contributed by atoms with van der Waals surface area (Å²) in [5.41, 5.74) is 6.28. The van der Waals surface area contributed by atoms with E-state index in [1.165, 1.54) is 6.07 Å². The van der Waals surface area contributed by atoms with Crippen LogP contribution in [-0.4, -0.2) is 25.2 Å². The van der Waals surface area contributed by atoms with Gasteiger partial charge in [-0.1, -0.05) is 6.07 Å². The molecule has 0 amide bonds. The van der Waals surface area contributed by atoms with Gasteiger partial charge in [0.15, 0.2) is 5.75 Å². The lowest BCUT2D eigenvalue weighted by Gasteiger charge is -2.08. The maximum Gasteiger partial charge on any atom is 0.310 e. The van der Waals surface area contributed by atoms with Crippen LogP contribution in [0.4, 0.5) is 5.69 Å². The number of nitrogens with two attached hydrogens (primary N) is 1. The number of unbranched alkanes of at least 4 members (excludes halogenated alkanes) is 1. The summed E-state index contributed by atoms with van der Waals surface area (Å²) < 4.78 is 10.3. The minimum absolute atomic E-state index is 0.0288. The lowest BCUT2D eigenvalue weighted by atomic mass is 10.2. The van der Waals surface area contributed by atoms with E-state index in [1.807, 2.05) is 0 Å². The van der Waals surface area contributed by atoms with Crippen LogP contribution < -0.4 is 10.5 Å². The van der Waals surface area contributed by atoms with Crippen LogP contribution in [0.25, 0.3) is 0 Å². The molecule has 0 unspecified atom stereocenters. The molecule has 0 atom stereocenters. The Bertz CT molecular complexity index is 396. The maximum absolute atomic E-state index is 10.8. The van der Waals surface area contributed by atoms with Gasteiger partial charge in [-0.05, 0) is 24.5 Å². The Morgan fingerprint density at radius 1 is 1.33 bits per heavy atom. The third-order valence-electron chi connectivity index (χ3n) is 2.46. The lowest BCUT2D eigenvalue weighted by Crippen LogP contribution is -2.04. The van der Waals surface area contributed by atoms with Gasteiger partial charge >= 0.3 is 5.69 Å². The van der Waals surface area contributed by atoms with Crippen molar-refractivity contribution in [1.29, 1.82) is 0 Å². The molecule has 0 aromatic heterocycles. The van der Waals surface area contributed by atoms with Gasteiger partial charge in [0.25, 0.3) is 0 Å². The van der Waals surface area contributed by atoms with Crippen molar-refractivity contribution in [1.82, 2.24) is 0 Å². The number of nitro benzene ring substituents is 1. The predicted molar refractivity (Wildman–Crippen MR) is 67.6 cm³/mol. The third kappa shape index (κ3) is 4.31. The smallest absolute Gasteiger partial charge is 0.310 e. The first-order valence-electron chi connectivity index (χ1n) is 5.78. The molecule has 6 heteroatoms. The number of hydrogen-bond acceptors (Lipinski definition) is 5. The van der Waals surface area contributed by atoms with Crippen molar-refractivity contribution in [2.24, 2.45) is 5.73 Å². The maximum atomic E-state index is 10.8. The van der Waals surface area contributed by atoms with Crippen LogP contribution in [0.5, 0.6) is 5.75 Å². The van der Waals surface area contributed by atoms with Crippen LogP contribution in [0.2, 0.25) is 0 Å². The normalized spacial score (nSPS) is 10.3. The Labute approximate surface area is 106 Å². The van der Waals surface area contributed by atoms with Crippen molar-refractivity contribution in [2.75, 3.05) is 20.3 Å². The number of methoxy groups -OCH3 is 1. The zero-order valence-electron chi connectivity index (χ0n) is 10.4. The van der Waals surface area contributed by atoms with Gasteiger partial charge in [0.05, 0.1) is 11.5 Å². The van der Waals surface area contributed by atoms with Crippen molar-refractivity contribution < 1.29 is 14.4 Å². The van der Waals surface area contributed by atoms with E-state index in [0.29, 0.717) is 19.8 Å². The average Bonchev–Trinajstić information content (AvgIpc) is 2.38. The quantitative estimate of drug-likeness (QED) is 0.434. The van der Waals surface area contributed by atoms with Crippen molar-refractivity contribution >= 4 is 5.69 Å². The van der Waals surface area contributed by atoms with E-state index in [-0.39, 0.29) is 11.4 Å². The number of ether oxygens (including phenoxy) is 2. The van der Waals surface area contributed by atoms with Crippen molar-refractivity contribution in [3.63, 3.8) is 0 Å². The van der Waals surface area contributed by atoms with Gasteiger partial charge in [0.1, 0.15) is 0 Å². The van der Waals surface area contributed by atoms with Gasteiger partial charge in [-0.15, -0.1) is 0 Å². The second-order valence-corrected chi connectivity index (χ2v) is 3.81. The number of benzene rings is 1. The molecule has 0 bridgehead atoms. The van der Waals surface area contributed by atoms with E-state index in [1.54, 1.807) is 19.2 Å². The minimum atomic E-state index is -0.454. The summed E-state index contributed by atoms with van der Waals surface area (Å²) in [7, 11) is 1.64. The fourth-order valence-corrected chi connectivity index (χ4v) is 1.48. The Hall–Kier alpha value is -1.66. The highest BCUT2D eigenvalue weighted by molar-refractivity contribution is 5.48. The molecule has 18 heavy (non-hydrogen) atoms. The van der Waals surface area contributed by atoms with Gasteiger partial charge in [-0.25, -0.2) is 0 Å². The van der Waals surface area contributed by atoms with E-state index in [9.17, 15) is 10.1 Å². The Morgan fingerprint density at radius 3 is 2.67 bits per heavy atom. The Morgan fingerprint density at radius 2 is 2.06 bits per heavy atom. The fourth-order valence-electron chi connectivity index (χ4n) is 1.48. The molecular weight excluding hydrogens is 236 g/mol. The monoisotopic (exact) mass is 254 g/mol. The van der Waals surface area contributed by atoms with Crippen LogP contribution in [-0.2, 0) is 11.3 Å². The first-order chi connectivity index (χ1) is 8.69. The van der Waals surface area contributed by atoms with Crippen LogP contribution in [0, 0.1) is 10.1 Å². The predicted octanol–water partition coefficient (Wildman–Crippen LogP) is 1.86. The van der Waals surface area contributed by atoms with Gasteiger partial charge in [0, 0.05) is 26.3 Å². The molecule has 0 aliphatic carbocycles. The standard InChI is InChI=1S/C12H18N2O4/c1-17-6-2-3-7-18-12-8-10(9-13)4-5-11(12)14(15)16/h4-5,8H,2-3,6-7,9,13H2,1H3. The van der Waals surface area contributed by atoms with Crippen molar-refractivity contribution in [3.8, 4) is 5.75 Å². The van der Waals surface area contributed by atoms with Gasteiger partial charge in [-0.2, -0.15) is 0 Å². The summed E-state index contributed by atoms with van der Waals surface area (Å²) >= 11 is 0. The Kier molecular flexibility index (Phi) is 6.10. The molecule has 0 heterocycles. The first-order valence-corrected chi connectivity index (χ1v) is 5.78. The molecule has 0 fully saturated rings. The van der Waals surface area contributed by atoms with Gasteiger partial charge in [-0.3, -0.25) is 10.1 Å².